The summed E-state index contributed by atoms with van der Waals surface area (Å²) < 4.78 is 0. The third kappa shape index (κ3) is 1.20. The second-order valence-corrected chi connectivity index (χ2v) is 3.45. The van der Waals surface area contributed by atoms with Crippen LogP contribution in [0.15, 0.2) is 0 Å². The standard InChI is InChI=1S/C9H15NO3/c1-3-6-5-10-7(11)9(6,4-2)8(12)13/h6H,3-5H2,1-2H3,(H,10,11)(H,12,13). The molecule has 74 valence electrons. The third-order valence-electron chi connectivity index (χ3n) is 3.04. The normalized spacial score (nSPS) is 33.1. The second kappa shape index (κ2) is 3.36. The van der Waals surface area contributed by atoms with Gasteiger partial charge in [0, 0.05) is 12.5 Å². The minimum Gasteiger partial charge on any atom is -0.480 e. The van der Waals surface area contributed by atoms with Gasteiger partial charge in [0.1, 0.15) is 0 Å². The van der Waals surface area contributed by atoms with Gasteiger partial charge in [-0.2, -0.15) is 0 Å². The minimum absolute atomic E-state index is 0.0671. The lowest BCUT2D eigenvalue weighted by Gasteiger charge is -2.25. The number of hydrogen-bond acceptors (Lipinski definition) is 2. The second-order valence-electron chi connectivity index (χ2n) is 3.45. The maximum absolute atomic E-state index is 11.4. The Labute approximate surface area is 77.3 Å². The summed E-state index contributed by atoms with van der Waals surface area (Å²) >= 11 is 0. The molecule has 0 radical (unpaired) electrons. The van der Waals surface area contributed by atoms with E-state index in [9.17, 15) is 9.59 Å². The molecule has 0 aliphatic carbocycles. The fourth-order valence-corrected chi connectivity index (χ4v) is 2.10. The van der Waals surface area contributed by atoms with Crippen molar-refractivity contribution in [2.24, 2.45) is 11.3 Å². The summed E-state index contributed by atoms with van der Waals surface area (Å²) in [5.41, 5.74) is -1.17. The quantitative estimate of drug-likeness (QED) is 0.633. The average Bonchev–Trinajstić information content (AvgIpc) is 2.42. The number of rotatable bonds is 3. The van der Waals surface area contributed by atoms with Gasteiger partial charge in [0.05, 0.1) is 0 Å². The molecule has 1 aliphatic rings. The molecule has 0 aromatic rings. The number of carboxylic acids is 1. The van der Waals surface area contributed by atoms with E-state index in [1.807, 2.05) is 6.92 Å². The highest BCUT2D eigenvalue weighted by Gasteiger charge is 2.54. The van der Waals surface area contributed by atoms with Crippen molar-refractivity contribution >= 4 is 11.9 Å². The zero-order valence-corrected chi connectivity index (χ0v) is 7.96. The predicted molar refractivity (Wildman–Crippen MR) is 47.2 cm³/mol. The summed E-state index contributed by atoms with van der Waals surface area (Å²) in [6, 6.07) is 0. The first kappa shape index (κ1) is 10.0. The third-order valence-corrected chi connectivity index (χ3v) is 3.04. The first-order valence-electron chi connectivity index (χ1n) is 4.61. The number of aliphatic carboxylic acids is 1. The van der Waals surface area contributed by atoms with Crippen LogP contribution in [0.4, 0.5) is 0 Å². The summed E-state index contributed by atoms with van der Waals surface area (Å²) in [7, 11) is 0. The van der Waals surface area contributed by atoms with Crippen molar-refractivity contribution in [1.29, 1.82) is 0 Å². The van der Waals surface area contributed by atoms with Crippen LogP contribution >= 0.6 is 0 Å². The van der Waals surface area contributed by atoms with Crippen LogP contribution in [0.5, 0.6) is 0 Å². The highest BCUT2D eigenvalue weighted by atomic mass is 16.4. The Morgan fingerprint density at radius 1 is 1.69 bits per heavy atom. The SMILES string of the molecule is CCC1CNC(=O)C1(CC)C(=O)O. The van der Waals surface area contributed by atoms with Crippen molar-refractivity contribution in [2.75, 3.05) is 6.54 Å². The lowest BCUT2D eigenvalue weighted by molar-refractivity contribution is -0.156. The van der Waals surface area contributed by atoms with E-state index in [1.54, 1.807) is 6.92 Å². The van der Waals surface area contributed by atoms with Crippen molar-refractivity contribution < 1.29 is 14.7 Å². The maximum atomic E-state index is 11.4. The molecule has 2 N–H and O–H groups in total. The molecule has 1 saturated heterocycles. The Hall–Kier alpha value is -1.06. The minimum atomic E-state index is -1.17. The lowest BCUT2D eigenvalue weighted by Crippen LogP contribution is -2.42. The molecule has 0 aromatic heterocycles. The van der Waals surface area contributed by atoms with Crippen LogP contribution in [-0.4, -0.2) is 23.5 Å². The van der Waals surface area contributed by atoms with Gasteiger partial charge in [0.2, 0.25) is 5.91 Å². The van der Waals surface area contributed by atoms with Crippen LogP contribution in [0.2, 0.25) is 0 Å². The Morgan fingerprint density at radius 3 is 2.62 bits per heavy atom. The van der Waals surface area contributed by atoms with Gasteiger partial charge in [0.25, 0.3) is 0 Å². The summed E-state index contributed by atoms with van der Waals surface area (Å²) in [5, 5.41) is 11.7. The van der Waals surface area contributed by atoms with Crippen LogP contribution in [0, 0.1) is 11.3 Å². The van der Waals surface area contributed by atoms with Gasteiger partial charge in [-0.15, -0.1) is 0 Å². The topological polar surface area (TPSA) is 66.4 Å². The predicted octanol–water partition coefficient (Wildman–Crippen LogP) is 0.623. The molecule has 2 unspecified atom stereocenters. The van der Waals surface area contributed by atoms with Gasteiger partial charge in [-0.05, 0) is 6.42 Å². The smallest absolute Gasteiger partial charge is 0.319 e. The van der Waals surface area contributed by atoms with Gasteiger partial charge in [-0.3, -0.25) is 9.59 Å². The number of amides is 1. The average molecular weight is 185 g/mol. The molecule has 1 heterocycles. The summed E-state index contributed by atoms with van der Waals surface area (Å²) in [6.45, 7) is 4.16. The van der Waals surface area contributed by atoms with E-state index in [2.05, 4.69) is 5.32 Å². The zero-order chi connectivity index (χ0) is 10.1. The van der Waals surface area contributed by atoms with E-state index in [1.165, 1.54) is 0 Å². The maximum Gasteiger partial charge on any atom is 0.319 e. The Kier molecular flexibility index (Phi) is 2.59. The zero-order valence-electron chi connectivity index (χ0n) is 7.96. The highest BCUT2D eigenvalue weighted by molar-refractivity contribution is 6.03. The molecule has 1 aliphatic heterocycles. The molecule has 1 rings (SSSR count). The van der Waals surface area contributed by atoms with Crippen molar-refractivity contribution in [3.63, 3.8) is 0 Å². The van der Waals surface area contributed by atoms with E-state index >= 15 is 0 Å². The van der Waals surface area contributed by atoms with Crippen LogP contribution in [-0.2, 0) is 9.59 Å². The number of carbonyl (C=O) groups is 2. The molecular weight excluding hydrogens is 170 g/mol. The van der Waals surface area contributed by atoms with E-state index in [-0.39, 0.29) is 11.8 Å². The van der Waals surface area contributed by atoms with Crippen LogP contribution in [0.3, 0.4) is 0 Å². The van der Waals surface area contributed by atoms with Crippen molar-refractivity contribution in [3.8, 4) is 0 Å². The molecule has 1 fully saturated rings. The Bertz CT molecular complexity index is 239. The Balaban J connectivity index is 3.04. The summed E-state index contributed by atoms with van der Waals surface area (Å²) in [5.74, 6) is -1.38. The van der Waals surface area contributed by atoms with Crippen LogP contribution in [0.25, 0.3) is 0 Å². The first-order chi connectivity index (χ1) is 6.09. The molecule has 4 nitrogen and oxygen atoms in total. The monoisotopic (exact) mass is 185 g/mol. The number of carbonyl (C=O) groups excluding carboxylic acids is 1. The number of hydrogen-bond donors (Lipinski definition) is 2. The van der Waals surface area contributed by atoms with Gasteiger partial charge < -0.3 is 10.4 Å². The van der Waals surface area contributed by atoms with Crippen molar-refractivity contribution in [1.82, 2.24) is 5.32 Å². The highest BCUT2D eigenvalue weighted by Crippen LogP contribution is 2.38. The van der Waals surface area contributed by atoms with E-state index < -0.39 is 11.4 Å². The van der Waals surface area contributed by atoms with Crippen molar-refractivity contribution in [2.45, 2.75) is 26.7 Å². The molecule has 13 heavy (non-hydrogen) atoms. The van der Waals surface area contributed by atoms with Gasteiger partial charge >= 0.3 is 5.97 Å². The first-order valence-corrected chi connectivity index (χ1v) is 4.61. The largest absolute Gasteiger partial charge is 0.480 e. The summed E-state index contributed by atoms with van der Waals surface area (Å²) in [6.07, 6.45) is 1.09. The molecule has 0 saturated carbocycles. The fraction of sp³-hybridized carbons (Fsp3) is 0.778. The molecule has 4 heteroatoms. The van der Waals surface area contributed by atoms with Gasteiger partial charge in [0.15, 0.2) is 5.41 Å². The van der Waals surface area contributed by atoms with Gasteiger partial charge in [-0.1, -0.05) is 20.3 Å². The molecule has 0 spiro atoms. The fourth-order valence-electron chi connectivity index (χ4n) is 2.10. The molecule has 1 amide bonds. The van der Waals surface area contributed by atoms with E-state index in [0.29, 0.717) is 13.0 Å². The van der Waals surface area contributed by atoms with E-state index in [0.717, 1.165) is 6.42 Å². The van der Waals surface area contributed by atoms with Crippen LogP contribution < -0.4 is 5.32 Å². The molecular formula is C9H15NO3. The van der Waals surface area contributed by atoms with Gasteiger partial charge in [-0.25, -0.2) is 0 Å². The Morgan fingerprint density at radius 2 is 2.31 bits per heavy atom. The molecule has 0 aromatic carbocycles. The molecule has 0 bridgehead atoms. The number of carboxylic acid groups (broad SMARTS) is 1. The molecule has 2 atom stereocenters. The summed E-state index contributed by atoms with van der Waals surface area (Å²) in [4.78, 5) is 22.5. The van der Waals surface area contributed by atoms with Crippen LogP contribution in [0.1, 0.15) is 26.7 Å². The lowest BCUT2D eigenvalue weighted by atomic mass is 9.74. The van der Waals surface area contributed by atoms with E-state index in [4.69, 9.17) is 5.11 Å². The van der Waals surface area contributed by atoms with Crippen molar-refractivity contribution in [3.05, 3.63) is 0 Å². The number of nitrogens with one attached hydrogen (secondary N) is 1.